The van der Waals surface area contributed by atoms with Crippen LogP contribution in [0, 0.1) is 0 Å². The number of pyridine rings is 1. The van der Waals surface area contributed by atoms with Gasteiger partial charge in [-0.3, -0.25) is 4.98 Å². The molecule has 0 radical (unpaired) electrons. The van der Waals surface area contributed by atoms with Gasteiger partial charge >= 0.3 is 0 Å². The largest absolute Gasteiger partial charge is 0.457 e. The van der Waals surface area contributed by atoms with Crippen LogP contribution in [0.2, 0.25) is 0 Å². The zero-order chi connectivity index (χ0) is 37.1. The molecule has 3 heterocycles. The Morgan fingerprint density at radius 3 is 1.32 bits per heavy atom. The van der Waals surface area contributed by atoms with Crippen molar-refractivity contribution in [3.63, 3.8) is 0 Å². The third-order valence-electron chi connectivity index (χ3n) is 11.3. The topological polar surface area (TPSA) is 47.9 Å². The van der Waals surface area contributed by atoms with Gasteiger partial charge in [-0.15, -0.1) is 0 Å². The summed E-state index contributed by atoms with van der Waals surface area (Å²) in [5, 5.41) is 0. The molecule has 0 saturated heterocycles. The predicted octanol–water partition coefficient (Wildman–Crippen LogP) is 12.7. The highest BCUT2D eigenvalue weighted by Crippen LogP contribution is 2.62. The van der Waals surface area contributed by atoms with Crippen LogP contribution in [-0.4, -0.2) is 15.0 Å². The summed E-state index contributed by atoms with van der Waals surface area (Å²) in [5.41, 5.74) is 16.1. The zero-order valence-corrected chi connectivity index (χ0v) is 30.3. The molecule has 0 fully saturated rings. The van der Waals surface area contributed by atoms with Gasteiger partial charge in [0.15, 0.2) is 5.82 Å². The van der Waals surface area contributed by atoms with Crippen molar-refractivity contribution in [2.75, 3.05) is 0 Å². The number of hydrogen-bond donors (Lipinski definition) is 0. The molecule has 1 spiro atoms. The number of aromatic nitrogens is 3. The van der Waals surface area contributed by atoms with E-state index in [9.17, 15) is 0 Å². The minimum atomic E-state index is -0.589. The Labute approximate surface area is 325 Å². The molecule has 56 heavy (non-hydrogen) atoms. The number of rotatable bonds is 5. The summed E-state index contributed by atoms with van der Waals surface area (Å²) in [5.74, 6) is 2.45. The van der Waals surface area contributed by atoms with Gasteiger partial charge < -0.3 is 4.74 Å². The lowest BCUT2D eigenvalue weighted by Gasteiger charge is -2.39. The second-order valence-electron chi connectivity index (χ2n) is 14.4. The molecule has 1 aliphatic heterocycles. The van der Waals surface area contributed by atoms with Crippen LogP contribution in [0.5, 0.6) is 11.5 Å². The lowest BCUT2D eigenvalue weighted by molar-refractivity contribution is 0.436. The number of hydrogen-bond acceptors (Lipinski definition) is 4. The molecule has 0 amide bonds. The molecule has 262 valence electrons. The normalized spacial score (nSPS) is 12.9. The standard InChI is InChI=1S/C52H33N3O/c1-3-11-36(12-4-1)47-33-48(37-13-5-2-6-14-37)55-51(54-47)38-21-19-34(20-22-38)39-23-25-41-42-26-24-40(35-27-29-53-30-28-35)32-46(42)52(45(41)31-39)43-15-7-9-17-49(43)56-50-18-10-8-16-44(50)52/h1-33H. The maximum atomic E-state index is 6.63. The minimum absolute atomic E-state index is 0.589. The number of ether oxygens (including phenoxy) is 1. The van der Waals surface area contributed by atoms with Crippen LogP contribution in [0.15, 0.2) is 200 Å². The molecule has 0 unspecified atom stereocenters. The van der Waals surface area contributed by atoms with Gasteiger partial charge in [0.25, 0.3) is 0 Å². The molecule has 1 aliphatic carbocycles. The molecule has 0 saturated carbocycles. The molecule has 0 N–H and O–H groups in total. The summed E-state index contributed by atoms with van der Waals surface area (Å²) >= 11 is 0. The molecular formula is C52H33N3O. The van der Waals surface area contributed by atoms with E-state index < -0.39 is 5.41 Å². The van der Waals surface area contributed by atoms with Gasteiger partial charge in [0.1, 0.15) is 11.5 Å². The van der Waals surface area contributed by atoms with Crippen molar-refractivity contribution in [2.24, 2.45) is 0 Å². The maximum absolute atomic E-state index is 6.63. The van der Waals surface area contributed by atoms with Crippen LogP contribution in [0.3, 0.4) is 0 Å². The Morgan fingerprint density at radius 1 is 0.339 bits per heavy atom. The maximum Gasteiger partial charge on any atom is 0.160 e. The highest BCUT2D eigenvalue weighted by atomic mass is 16.5. The SMILES string of the molecule is c1ccc(-c2cc(-c3ccccc3)nc(-c3ccc(-c4ccc5c(c4)C4(c6ccccc6Oc6ccccc64)c4cc(-c6ccncc6)ccc4-5)cc3)n2)cc1. The van der Waals surface area contributed by atoms with Crippen molar-refractivity contribution in [1.29, 1.82) is 0 Å². The summed E-state index contributed by atoms with van der Waals surface area (Å²) in [4.78, 5) is 14.4. The first-order valence-corrected chi connectivity index (χ1v) is 18.9. The summed E-state index contributed by atoms with van der Waals surface area (Å²) < 4.78 is 6.63. The lowest BCUT2D eigenvalue weighted by atomic mass is 9.65. The van der Waals surface area contributed by atoms with E-state index in [1.165, 1.54) is 22.3 Å². The first-order chi connectivity index (χ1) is 27.7. The van der Waals surface area contributed by atoms with Crippen LogP contribution in [0.4, 0.5) is 0 Å². The van der Waals surface area contributed by atoms with Crippen LogP contribution in [0.25, 0.3) is 67.3 Å². The van der Waals surface area contributed by atoms with Crippen LogP contribution in [-0.2, 0) is 5.41 Å². The van der Waals surface area contributed by atoms with Gasteiger partial charge in [-0.25, -0.2) is 9.97 Å². The number of para-hydroxylation sites is 2. The first-order valence-electron chi connectivity index (χ1n) is 18.9. The number of benzene rings is 7. The second kappa shape index (κ2) is 12.9. The van der Waals surface area contributed by atoms with E-state index in [1.54, 1.807) is 0 Å². The molecule has 2 aliphatic rings. The minimum Gasteiger partial charge on any atom is -0.457 e. The fourth-order valence-corrected chi connectivity index (χ4v) is 8.70. The van der Waals surface area contributed by atoms with E-state index in [2.05, 4.69) is 157 Å². The van der Waals surface area contributed by atoms with E-state index in [1.807, 2.05) is 48.8 Å². The Balaban J connectivity index is 1.07. The summed E-state index contributed by atoms with van der Waals surface area (Å²) in [6.45, 7) is 0. The third-order valence-corrected chi connectivity index (χ3v) is 11.3. The van der Waals surface area contributed by atoms with Gasteiger partial charge in [-0.1, -0.05) is 146 Å². The highest BCUT2D eigenvalue weighted by molar-refractivity contribution is 5.92. The molecule has 11 rings (SSSR count). The van der Waals surface area contributed by atoms with E-state index in [0.717, 1.165) is 73.0 Å². The average Bonchev–Trinajstić information content (AvgIpc) is 3.56. The van der Waals surface area contributed by atoms with Crippen LogP contribution in [0.1, 0.15) is 22.3 Å². The summed E-state index contributed by atoms with van der Waals surface area (Å²) in [7, 11) is 0. The van der Waals surface area contributed by atoms with E-state index in [4.69, 9.17) is 14.7 Å². The molecule has 0 atom stereocenters. The second-order valence-corrected chi connectivity index (χ2v) is 14.4. The van der Waals surface area contributed by atoms with Crippen molar-refractivity contribution in [1.82, 2.24) is 15.0 Å². The molecule has 9 aromatic rings. The van der Waals surface area contributed by atoms with E-state index in [0.29, 0.717) is 5.82 Å². The van der Waals surface area contributed by atoms with Crippen LogP contribution < -0.4 is 4.74 Å². The average molecular weight is 716 g/mol. The molecule has 4 nitrogen and oxygen atoms in total. The third kappa shape index (κ3) is 5.04. The van der Waals surface area contributed by atoms with Gasteiger partial charge in [0.05, 0.1) is 16.8 Å². The van der Waals surface area contributed by atoms with Crippen LogP contribution >= 0.6 is 0 Å². The fourth-order valence-electron chi connectivity index (χ4n) is 8.70. The van der Waals surface area contributed by atoms with Gasteiger partial charge in [0.2, 0.25) is 0 Å². The molecule has 0 bridgehead atoms. The van der Waals surface area contributed by atoms with E-state index >= 15 is 0 Å². The zero-order valence-electron chi connectivity index (χ0n) is 30.3. The Hall–Kier alpha value is -7.43. The number of fused-ring (bicyclic) bond motifs is 9. The van der Waals surface area contributed by atoms with Crippen molar-refractivity contribution >= 4 is 0 Å². The van der Waals surface area contributed by atoms with Crippen molar-refractivity contribution in [2.45, 2.75) is 5.41 Å². The quantitative estimate of drug-likeness (QED) is 0.178. The Bertz CT molecular complexity index is 2820. The number of nitrogens with zero attached hydrogens (tertiary/aromatic N) is 3. The Morgan fingerprint density at radius 2 is 0.786 bits per heavy atom. The smallest absolute Gasteiger partial charge is 0.160 e. The molecule has 7 aromatic carbocycles. The van der Waals surface area contributed by atoms with E-state index in [-0.39, 0.29) is 0 Å². The first kappa shape index (κ1) is 32.0. The van der Waals surface area contributed by atoms with Gasteiger partial charge in [0, 0.05) is 40.2 Å². The van der Waals surface area contributed by atoms with Crippen molar-refractivity contribution < 1.29 is 4.74 Å². The van der Waals surface area contributed by atoms with Gasteiger partial charge in [-0.05, 0) is 87.0 Å². The summed E-state index contributed by atoms with van der Waals surface area (Å²) in [6.07, 6.45) is 3.72. The molecule has 4 heteroatoms. The monoisotopic (exact) mass is 715 g/mol. The van der Waals surface area contributed by atoms with Crippen molar-refractivity contribution in [3.8, 4) is 78.8 Å². The van der Waals surface area contributed by atoms with Gasteiger partial charge in [-0.2, -0.15) is 0 Å². The molecular weight excluding hydrogens is 683 g/mol. The lowest BCUT2D eigenvalue weighted by Crippen LogP contribution is -2.32. The summed E-state index contributed by atoms with van der Waals surface area (Å²) in [6, 6.07) is 66.4. The molecule has 2 aromatic heterocycles. The highest BCUT2D eigenvalue weighted by Gasteiger charge is 2.51. The Kier molecular flexibility index (Phi) is 7.36. The van der Waals surface area contributed by atoms with Crippen molar-refractivity contribution in [3.05, 3.63) is 223 Å². The fraction of sp³-hybridized carbons (Fsp3) is 0.0192. The predicted molar refractivity (Wildman–Crippen MR) is 224 cm³/mol.